The van der Waals surface area contributed by atoms with Crippen molar-refractivity contribution < 1.29 is 5.11 Å². The van der Waals surface area contributed by atoms with Crippen LogP contribution in [0, 0.1) is 25.2 Å². The second-order valence-corrected chi connectivity index (χ2v) is 7.08. The predicted molar refractivity (Wildman–Crippen MR) is 103 cm³/mol. The molecule has 2 aromatic carbocycles. The average Bonchev–Trinajstić information content (AvgIpc) is 3.05. The maximum absolute atomic E-state index is 11.3. The normalized spacial score (nSPS) is 19.7. The SMILES string of the molecule is Cc1ccccc1C1(O)CCN(c2nc3ccccc3c(C)c2C#N)C1. The van der Waals surface area contributed by atoms with Crippen LogP contribution in [0.1, 0.15) is 28.7 Å². The molecule has 4 rings (SSSR count). The number of benzene rings is 2. The van der Waals surface area contributed by atoms with Gasteiger partial charge in [0, 0.05) is 11.9 Å². The van der Waals surface area contributed by atoms with Gasteiger partial charge in [0.15, 0.2) is 0 Å². The molecule has 0 radical (unpaired) electrons. The van der Waals surface area contributed by atoms with Crippen LogP contribution in [0.2, 0.25) is 0 Å². The number of β-amino-alcohol motifs (C(OH)–C–C–N with tert-alkyl or cyclic N) is 1. The maximum atomic E-state index is 11.3. The number of hydrogen-bond donors (Lipinski definition) is 1. The Hall–Kier alpha value is -2.90. The molecule has 1 saturated heterocycles. The van der Waals surface area contributed by atoms with Gasteiger partial charge in [0.2, 0.25) is 0 Å². The molecular formula is C22H21N3O. The molecule has 130 valence electrons. The minimum absolute atomic E-state index is 0.442. The zero-order chi connectivity index (χ0) is 18.3. The molecule has 4 heteroatoms. The van der Waals surface area contributed by atoms with E-state index in [9.17, 15) is 10.4 Å². The lowest BCUT2D eigenvalue weighted by Crippen LogP contribution is -2.32. The number of rotatable bonds is 2. The van der Waals surface area contributed by atoms with Crippen molar-refractivity contribution in [2.45, 2.75) is 25.9 Å². The van der Waals surface area contributed by atoms with Crippen molar-refractivity contribution in [2.75, 3.05) is 18.0 Å². The zero-order valence-corrected chi connectivity index (χ0v) is 15.0. The molecule has 26 heavy (non-hydrogen) atoms. The summed E-state index contributed by atoms with van der Waals surface area (Å²) in [4.78, 5) is 6.81. The highest BCUT2D eigenvalue weighted by Gasteiger charge is 2.40. The number of nitriles is 1. The smallest absolute Gasteiger partial charge is 0.147 e. The molecule has 1 unspecified atom stereocenters. The minimum atomic E-state index is -0.917. The molecule has 0 saturated carbocycles. The Morgan fingerprint density at radius 2 is 1.85 bits per heavy atom. The van der Waals surface area contributed by atoms with E-state index in [1.54, 1.807) is 0 Å². The molecule has 1 atom stereocenters. The van der Waals surface area contributed by atoms with E-state index in [0.29, 0.717) is 30.9 Å². The lowest BCUT2D eigenvalue weighted by Gasteiger charge is -2.26. The molecule has 1 fully saturated rings. The first-order valence-electron chi connectivity index (χ1n) is 8.86. The first kappa shape index (κ1) is 16.6. The Morgan fingerprint density at radius 1 is 1.12 bits per heavy atom. The number of aliphatic hydroxyl groups is 1. The summed E-state index contributed by atoms with van der Waals surface area (Å²) in [7, 11) is 0. The highest BCUT2D eigenvalue weighted by molar-refractivity contribution is 5.87. The zero-order valence-electron chi connectivity index (χ0n) is 15.0. The number of aryl methyl sites for hydroxylation is 2. The van der Waals surface area contributed by atoms with Gasteiger partial charge in [0.05, 0.1) is 17.6 Å². The van der Waals surface area contributed by atoms with Gasteiger partial charge in [-0.3, -0.25) is 0 Å². The number of pyridine rings is 1. The molecule has 1 N–H and O–H groups in total. The quantitative estimate of drug-likeness (QED) is 0.768. The number of para-hydroxylation sites is 1. The van der Waals surface area contributed by atoms with E-state index in [4.69, 9.17) is 4.98 Å². The second kappa shape index (κ2) is 6.12. The molecule has 1 aromatic heterocycles. The van der Waals surface area contributed by atoms with Crippen LogP contribution in [-0.4, -0.2) is 23.2 Å². The van der Waals surface area contributed by atoms with Crippen molar-refractivity contribution in [3.05, 3.63) is 70.8 Å². The molecule has 4 nitrogen and oxygen atoms in total. The Bertz CT molecular complexity index is 1040. The van der Waals surface area contributed by atoms with Crippen LogP contribution in [-0.2, 0) is 5.60 Å². The van der Waals surface area contributed by atoms with E-state index >= 15 is 0 Å². The molecule has 2 heterocycles. The highest BCUT2D eigenvalue weighted by Crippen LogP contribution is 2.37. The molecule has 0 bridgehead atoms. The topological polar surface area (TPSA) is 60.1 Å². The van der Waals surface area contributed by atoms with Crippen molar-refractivity contribution in [3.8, 4) is 6.07 Å². The molecular weight excluding hydrogens is 322 g/mol. The second-order valence-electron chi connectivity index (χ2n) is 7.08. The van der Waals surface area contributed by atoms with Crippen LogP contribution in [0.3, 0.4) is 0 Å². The largest absolute Gasteiger partial charge is 0.383 e. The van der Waals surface area contributed by atoms with Crippen molar-refractivity contribution >= 4 is 16.7 Å². The summed E-state index contributed by atoms with van der Waals surface area (Å²) in [6.07, 6.45) is 0.621. The number of hydrogen-bond acceptors (Lipinski definition) is 4. The van der Waals surface area contributed by atoms with Gasteiger partial charge in [-0.2, -0.15) is 5.26 Å². The van der Waals surface area contributed by atoms with Gasteiger partial charge >= 0.3 is 0 Å². The summed E-state index contributed by atoms with van der Waals surface area (Å²) in [5.74, 6) is 0.674. The van der Waals surface area contributed by atoms with Gasteiger partial charge in [-0.1, -0.05) is 42.5 Å². The predicted octanol–water partition coefficient (Wildman–Crippen LogP) is 3.82. The molecule has 0 aliphatic carbocycles. The monoisotopic (exact) mass is 343 g/mol. The van der Waals surface area contributed by atoms with Crippen molar-refractivity contribution in [1.29, 1.82) is 5.26 Å². The van der Waals surface area contributed by atoms with Crippen molar-refractivity contribution in [1.82, 2.24) is 4.98 Å². The molecule has 1 aliphatic rings. The third kappa shape index (κ3) is 2.53. The Labute approximate surface area is 153 Å². The maximum Gasteiger partial charge on any atom is 0.147 e. The Balaban J connectivity index is 1.78. The number of fused-ring (bicyclic) bond motifs is 1. The van der Waals surface area contributed by atoms with Gasteiger partial charge in [-0.05, 0) is 43.0 Å². The first-order chi connectivity index (χ1) is 12.5. The third-order valence-electron chi connectivity index (χ3n) is 5.44. The number of aromatic nitrogens is 1. The van der Waals surface area contributed by atoms with Gasteiger partial charge in [-0.15, -0.1) is 0 Å². The van der Waals surface area contributed by atoms with Gasteiger partial charge in [0.1, 0.15) is 17.5 Å². The number of anilines is 1. The lowest BCUT2D eigenvalue weighted by atomic mass is 9.89. The van der Waals surface area contributed by atoms with E-state index < -0.39 is 5.60 Å². The van der Waals surface area contributed by atoms with E-state index in [-0.39, 0.29) is 0 Å². The van der Waals surface area contributed by atoms with Crippen molar-refractivity contribution in [2.24, 2.45) is 0 Å². The van der Waals surface area contributed by atoms with Crippen LogP contribution in [0.15, 0.2) is 48.5 Å². The average molecular weight is 343 g/mol. The Kier molecular flexibility index (Phi) is 3.90. The van der Waals surface area contributed by atoms with Crippen LogP contribution >= 0.6 is 0 Å². The van der Waals surface area contributed by atoms with Gasteiger partial charge < -0.3 is 10.0 Å². The minimum Gasteiger partial charge on any atom is -0.383 e. The van der Waals surface area contributed by atoms with E-state index in [1.165, 1.54) is 0 Å². The first-order valence-corrected chi connectivity index (χ1v) is 8.86. The third-order valence-corrected chi connectivity index (χ3v) is 5.44. The standard InChI is InChI=1S/C22H21N3O/c1-15-7-3-5-9-19(15)22(26)11-12-25(14-22)21-18(13-23)16(2)17-8-4-6-10-20(17)24-21/h3-10,26H,11-12,14H2,1-2H3. The summed E-state index contributed by atoms with van der Waals surface area (Å²) >= 11 is 0. The highest BCUT2D eigenvalue weighted by atomic mass is 16.3. The van der Waals surface area contributed by atoms with Gasteiger partial charge in [-0.25, -0.2) is 4.98 Å². The van der Waals surface area contributed by atoms with Crippen LogP contribution in [0.4, 0.5) is 5.82 Å². The fraction of sp³-hybridized carbons (Fsp3) is 0.273. The summed E-state index contributed by atoms with van der Waals surface area (Å²) in [6, 6.07) is 18.2. The van der Waals surface area contributed by atoms with E-state index in [0.717, 1.165) is 27.6 Å². The van der Waals surface area contributed by atoms with Crippen LogP contribution in [0.5, 0.6) is 0 Å². The fourth-order valence-electron chi connectivity index (χ4n) is 4.01. The molecule has 0 amide bonds. The summed E-state index contributed by atoms with van der Waals surface area (Å²) in [5, 5.41) is 22.0. The number of nitrogens with zero attached hydrogens (tertiary/aromatic N) is 3. The summed E-state index contributed by atoms with van der Waals surface area (Å²) in [5.41, 5.74) is 3.54. The van der Waals surface area contributed by atoms with Gasteiger partial charge in [0.25, 0.3) is 0 Å². The van der Waals surface area contributed by atoms with E-state index in [1.807, 2.05) is 67.3 Å². The molecule has 0 spiro atoms. The Morgan fingerprint density at radius 3 is 2.62 bits per heavy atom. The van der Waals surface area contributed by atoms with Crippen molar-refractivity contribution in [3.63, 3.8) is 0 Å². The van der Waals surface area contributed by atoms with Crippen LogP contribution < -0.4 is 4.90 Å². The van der Waals surface area contributed by atoms with E-state index in [2.05, 4.69) is 6.07 Å². The fourth-order valence-corrected chi connectivity index (χ4v) is 4.01. The summed E-state index contributed by atoms with van der Waals surface area (Å²) in [6.45, 7) is 5.10. The lowest BCUT2D eigenvalue weighted by molar-refractivity contribution is 0.0600. The molecule has 3 aromatic rings. The summed E-state index contributed by atoms with van der Waals surface area (Å²) < 4.78 is 0. The molecule has 1 aliphatic heterocycles. The van der Waals surface area contributed by atoms with Crippen LogP contribution in [0.25, 0.3) is 10.9 Å².